The van der Waals surface area contributed by atoms with Gasteiger partial charge in [0, 0.05) is 30.8 Å². The topological polar surface area (TPSA) is 118 Å². The lowest BCUT2D eigenvalue weighted by molar-refractivity contribution is -0.387. The molecule has 12 heteroatoms. The molecule has 0 N–H and O–H groups in total. The van der Waals surface area contributed by atoms with Gasteiger partial charge in [-0.2, -0.15) is 4.39 Å². The Labute approximate surface area is 183 Å². The molecule has 9 nitrogen and oxygen atoms in total. The maximum atomic E-state index is 14.3. The average molecular weight is 464 g/mol. The number of halogens is 3. The fourth-order valence-corrected chi connectivity index (χ4v) is 3.12. The molecule has 0 amide bonds. The van der Waals surface area contributed by atoms with Crippen LogP contribution in [-0.4, -0.2) is 28.0 Å². The Morgan fingerprint density at radius 2 is 1.73 bits per heavy atom. The highest BCUT2D eigenvalue weighted by Crippen LogP contribution is 2.29. The minimum atomic E-state index is -1.38. The zero-order valence-corrected chi connectivity index (χ0v) is 17.2. The lowest BCUT2D eigenvalue weighted by atomic mass is 10.1. The van der Waals surface area contributed by atoms with Crippen molar-refractivity contribution in [3.63, 3.8) is 0 Å². The minimum absolute atomic E-state index is 0.103. The van der Waals surface area contributed by atoms with E-state index in [-0.39, 0.29) is 23.4 Å². The number of rotatable bonds is 6. The van der Waals surface area contributed by atoms with Crippen molar-refractivity contribution >= 4 is 28.5 Å². The predicted molar refractivity (Wildman–Crippen MR) is 107 cm³/mol. The maximum absolute atomic E-state index is 14.3. The summed E-state index contributed by atoms with van der Waals surface area (Å²) in [5.74, 6) is -5.81. The third-order valence-electron chi connectivity index (χ3n) is 4.58. The molecular weight excluding hydrogens is 449 g/mol. The van der Waals surface area contributed by atoms with E-state index in [4.69, 9.17) is 9.47 Å². The van der Waals surface area contributed by atoms with Gasteiger partial charge in [-0.1, -0.05) is 0 Å². The van der Waals surface area contributed by atoms with Gasteiger partial charge in [-0.05, 0) is 19.1 Å². The van der Waals surface area contributed by atoms with E-state index in [1.807, 2.05) is 0 Å². The van der Waals surface area contributed by atoms with E-state index >= 15 is 0 Å². The molecular formula is C21H15F3N2O7. The van der Waals surface area contributed by atoms with Crippen LogP contribution >= 0.6 is 0 Å². The molecule has 2 aromatic carbocycles. The first-order valence-electron chi connectivity index (χ1n) is 9.37. The summed E-state index contributed by atoms with van der Waals surface area (Å²) in [5, 5.41) is 10.9. The molecule has 172 valence electrons. The van der Waals surface area contributed by atoms with Gasteiger partial charge >= 0.3 is 17.6 Å². The Morgan fingerprint density at radius 3 is 2.33 bits per heavy atom. The van der Waals surface area contributed by atoms with Gasteiger partial charge in [-0.25, -0.2) is 13.6 Å². The highest BCUT2D eigenvalue weighted by molar-refractivity contribution is 5.94. The van der Waals surface area contributed by atoms with Crippen LogP contribution in [0, 0.1) is 27.6 Å². The number of hydrogen-bond acceptors (Lipinski definition) is 7. The second kappa shape index (κ2) is 9.10. The highest BCUT2D eigenvalue weighted by atomic mass is 19.2. The molecule has 0 saturated carbocycles. The van der Waals surface area contributed by atoms with E-state index in [0.29, 0.717) is 12.1 Å². The smallest absolute Gasteiger partial charge is 0.343 e. The minimum Gasteiger partial charge on any atom is -0.462 e. The number of nitro benzene ring substituents is 1. The van der Waals surface area contributed by atoms with Crippen LogP contribution in [0.4, 0.5) is 18.9 Å². The summed E-state index contributed by atoms with van der Waals surface area (Å²) >= 11 is 0. The lowest BCUT2D eigenvalue weighted by Crippen LogP contribution is -2.21. The van der Waals surface area contributed by atoms with Crippen molar-refractivity contribution in [1.82, 2.24) is 4.57 Å². The molecule has 3 aromatic rings. The van der Waals surface area contributed by atoms with E-state index in [0.717, 1.165) is 29.8 Å². The fraction of sp³-hybridized carbons (Fsp3) is 0.190. The van der Waals surface area contributed by atoms with E-state index in [1.54, 1.807) is 0 Å². The molecule has 0 bridgehead atoms. The van der Waals surface area contributed by atoms with Gasteiger partial charge in [-0.15, -0.1) is 0 Å². The number of nitrogens with zero attached hydrogens (tertiary/aromatic N) is 2. The number of fused-ring (bicyclic) bond motifs is 1. The number of nitro groups is 1. The van der Waals surface area contributed by atoms with Crippen molar-refractivity contribution in [1.29, 1.82) is 0 Å². The van der Waals surface area contributed by atoms with Crippen LogP contribution in [0.15, 0.2) is 35.3 Å². The van der Waals surface area contributed by atoms with Gasteiger partial charge in [0.05, 0.1) is 28.1 Å². The van der Waals surface area contributed by atoms with Crippen LogP contribution in [0.25, 0.3) is 16.6 Å². The third kappa shape index (κ3) is 4.54. The molecule has 0 aliphatic heterocycles. The molecule has 0 unspecified atom stereocenters. The van der Waals surface area contributed by atoms with Crippen LogP contribution in [0.5, 0.6) is 0 Å². The molecule has 1 aromatic heterocycles. The SMILES string of the molecule is CCOC(=O)c1cn(-c2cc([N+](=O)[O-])c(F)cc2COC(C)=O)c2cc(F)c(F)cc2c1=O. The number of benzene rings is 2. The van der Waals surface area contributed by atoms with Crippen molar-refractivity contribution in [3.05, 3.63) is 79.4 Å². The molecule has 3 rings (SSSR count). The van der Waals surface area contributed by atoms with Gasteiger partial charge in [0.25, 0.3) is 0 Å². The molecule has 0 fully saturated rings. The number of ether oxygens (including phenoxy) is 2. The molecule has 0 radical (unpaired) electrons. The van der Waals surface area contributed by atoms with E-state index < -0.39 is 63.0 Å². The monoisotopic (exact) mass is 464 g/mol. The largest absolute Gasteiger partial charge is 0.462 e. The van der Waals surface area contributed by atoms with Crippen LogP contribution in [0.1, 0.15) is 29.8 Å². The van der Waals surface area contributed by atoms with Gasteiger partial charge in [0.2, 0.25) is 11.2 Å². The van der Waals surface area contributed by atoms with Gasteiger partial charge < -0.3 is 14.0 Å². The predicted octanol–water partition coefficient (Wildman–Crippen LogP) is 3.56. The van der Waals surface area contributed by atoms with E-state index in [9.17, 15) is 37.7 Å². The molecule has 1 heterocycles. The first-order chi connectivity index (χ1) is 15.5. The molecule has 0 saturated heterocycles. The Hall–Kier alpha value is -4.22. The summed E-state index contributed by atoms with van der Waals surface area (Å²) in [6.45, 7) is 1.90. The van der Waals surface area contributed by atoms with Crippen molar-refractivity contribution < 1.29 is 37.2 Å². The number of carbonyl (C=O) groups excluding carboxylic acids is 2. The van der Waals surface area contributed by atoms with Crippen molar-refractivity contribution in [2.45, 2.75) is 20.5 Å². The Morgan fingerprint density at radius 1 is 1.06 bits per heavy atom. The third-order valence-corrected chi connectivity index (χ3v) is 4.58. The zero-order valence-electron chi connectivity index (χ0n) is 17.2. The first kappa shape index (κ1) is 23.4. The average Bonchev–Trinajstić information content (AvgIpc) is 2.74. The maximum Gasteiger partial charge on any atom is 0.343 e. The normalized spacial score (nSPS) is 10.8. The number of esters is 2. The summed E-state index contributed by atoms with van der Waals surface area (Å²) in [4.78, 5) is 46.6. The number of pyridine rings is 1. The van der Waals surface area contributed by atoms with Gasteiger partial charge in [0.1, 0.15) is 12.2 Å². The Kier molecular flexibility index (Phi) is 6.47. The number of aromatic nitrogens is 1. The fourth-order valence-electron chi connectivity index (χ4n) is 3.12. The summed E-state index contributed by atoms with van der Waals surface area (Å²) in [5.41, 5.74) is -3.15. The van der Waals surface area contributed by atoms with Crippen LogP contribution in [0.2, 0.25) is 0 Å². The molecule has 0 aliphatic rings. The van der Waals surface area contributed by atoms with E-state index in [1.165, 1.54) is 6.92 Å². The Bertz CT molecular complexity index is 1370. The second-order valence-electron chi connectivity index (χ2n) is 6.72. The summed E-state index contributed by atoms with van der Waals surface area (Å²) in [7, 11) is 0. The lowest BCUT2D eigenvalue weighted by Gasteiger charge is -2.17. The molecule has 0 aliphatic carbocycles. The molecule has 0 spiro atoms. The van der Waals surface area contributed by atoms with Crippen LogP contribution < -0.4 is 5.43 Å². The van der Waals surface area contributed by atoms with Crippen LogP contribution in [-0.2, 0) is 20.9 Å². The highest BCUT2D eigenvalue weighted by Gasteiger charge is 2.24. The quantitative estimate of drug-likeness (QED) is 0.311. The Balaban J connectivity index is 2.46. The first-order valence-corrected chi connectivity index (χ1v) is 9.37. The van der Waals surface area contributed by atoms with Crippen molar-refractivity contribution in [2.75, 3.05) is 6.61 Å². The van der Waals surface area contributed by atoms with Crippen LogP contribution in [0.3, 0.4) is 0 Å². The number of carbonyl (C=O) groups is 2. The van der Waals surface area contributed by atoms with Crippen molar-refractivity contribution in [3.8, 4) is 5.69 Å². The van der Waals surface area contributed by atoms with Gasteiger partial charge in [0.15, 0.2) is 11.6 Å². The molecule has 0 atom stereocenters. The van der Waals surface area contributed by atoms with E-state index in [2.05, 4.69) is 0 Å². The number of hydrogen-bond donors (Lipinski definition) is 0. The standard InChI is InChI=1S/C21H15F3N2O7/c1-3-32-21(29)13-8-25(18-6-15(23)14(22)5-12(18)20(13)28)17-7-19(26(30)31)16(24)4-11(17)9-33-10(2)27/h4-8H,3,9H2,1-2H3. The summed E-state index contributed by atoms with van der Waals surface area (Å²) in [6, 6.07) is 2.69. The summed E-state index contributed by atoms with van der Waals surface area (Å²) in [6.07, 6.45) is 0.911. The molecule has 33 heavy (non-hydrogen) atoms. The summed E-state index contributed by atoms with van der Waals surface area (Å²) < 4.78 is 52.9. The zero-order chi connectivity index (χ0) is 24.4. The second-order valence-corrected chi connectivity index (χ2v) is 6.72. The van der Waals surface area contributed by atoms with Crippen molar-refractivity contribution in [2.24, 2.45) is 0 Å². The van der Waals surface area contributed by atoms with Gasteiger partial charge in [-0.3, -0.25) is 19.7 Å².